The molecule has 44 valence electrons. The molecular formula is H4BaCuGdHoOSr. The minimum absolute atomic E-state index is 0. The van der Waals surface area contributed by atoms with Gasteiger partial charge in [-0.05, 0) is 0 Å². The fourth-order valence-corrected chi connectivity index (χ4v) is 0. The molecule has 0 aliphatic carbocycles. The van der Waals surface area contributed by atoms with Crippen molar-refractivity contribution in [2.75, 3.05) is 0 Å². The van der Waals surface area contributed by atoms with E-state index in [9.17, 15) is 0 Å². The summed E-state index contributed by atoms with van der Waals surface area (Å²) in [4.78, 5) is 0. The first-order valence-corrected chi connectivity index (χ1v) is 0.508. The van der Waals surface area contributed by atoms with Gasteiger partial charge in [0.15, 0.2) is 0 Å². The van der Waals surface area contributed by atoms with Crippen molar-refractivity contribution in [2.45, 2.75) is 0 Å². The summed E-state index contributed by atoms with van der Waals surface area (Å²) in [5.74, 6) is 0. The van der Waals surface area contributed by atoms with E-state index in [2.05, 4.69) is 15.9 Å². The van der Waals surface area contributed by atoms with E-state index in [1.807, 2.05) is 0 Å². The van der Waals surface area contributed by atoms with Crippen LogP contribution in [0.15, 0.2) is 0 Å². The first kappa shape index (κ1) is 29.7. The van der Waals surface area contributed by atoms with Crippen molar-refractivity contribution in [1.82, 2.24) is 0 Å². The van der Waals surface area contributed by atoms with Crippen LogP contribution in [0.25, 0.3) is 0 Å². The molecule has 0 aliphatic rings. The van der Waals surface area contributed by atoms with Crippen LogP contribution in [0.3, 0.4) is 0 Å². The van der Waals surface area contributed by atoms with Gasteiger partial charge < -0.3 is 0 Å². The fraction of sp³-hybridized carbons (Fsp3) is 0. The van der Waals surface area contributed by atoms with Gasteiger partial charge in [-0.15, -0.1) is 0 Å². The fourth-order valence-electron chi connectivity index (χ4n) is 0. The average molecular weight is 631 g/mol. The van der Waals surface area contributed by atoms with Gasteiger partial charge in [0.1, 0.15) is 0 Å². The molecule has 1 radical (unpaired) electrons. The molecule has 0 atom stereocenters. The first-order valence-electron chi connectivity index (χ1n) is 0.123. The molecule has 0 N–H and O–H groups in total. The second kappa shape index (κ2) is 30.6. The monoisotopic (exact) mass is 632 g/mol. The van der Waals surface area contributed by atoms with Crippen molar-refractivity contribution in [2.24, 2.45) is 0 Å². The van der Waals surface area contributed by atoms with Crippen LogP contribution in [0.1, 0.15) is 0 Å². The van der Waals surface area contributed by atoms with Crippen molar-refractivity contribution < 1.29 is 97.5 Å². The third kappa shape index (κ3) is 22.5. The second-order valence-corrected chi connectivity index (χ2v) is 0. The molecule has 0 rings (SSSR count). The van der Waals surface area contributed by atoms with Gasteiger partial charge in [0, 0.05) is 77.7 Å². The predicted octanol–water partition coefficient (Wildman–Crippen LogP) is -1.95. The van der Waals surface area contributed by atoms with Crippen LogP contribution in [0.5, 0.6) is 0 Å². The zero-order valence-electron chi connectivity index (χ0n) is 1.36. The van der Waals surface area contributed by atoms with Gasteiger partial charge in [-0.3, -0.25) is 0 Å². The maximum atomic E-state index is 7.81. The summed E-state index contributed by atoms with van der Waals surface area (Å²) in [6, 6.07) is 0. The maximum absolute atomic E-state index is 7.81. The minimum atomic E-state index is 0. The Bertz CT molecular complexity index is 15.5. The normalized spacial score (nSPS) is 1.00. The average Bonchev–Trinajstić information content (AvgIpc) is 1.00. The second-order valence-electron chi connectivity index (χ2n) is 0. The quantitative estimate of drug-likeness (QED) is 0.285. The third-order valence-corrected chi connectivity index (χ3v) is 0. The molecule has 0 saturated carbocycles. The summed E-state index contributed by atoms with van der Waals surface area (Å²) in [7, 11) is 0. The standard InChI is InChI=1S/Ba.Cu.Gd.Ho.O.Sr.4H. The Labute approximate surface area is 185 Å². The van der Waals surface area contributed by atoms with Crippen LogP contribution >= 0.6 is 0 Å². The number of hydrogen-bond donors (Lipinski definition) is 0. The van der Waals surface area contributed by atoms with E-state index < -0.39 is 0 Å². The Morgan fingerprint density at radius 1 is 1.17 bits per heavy atom. The van der Waals surface area contributed by atoms with Gasteiger partial charge >= 0.3 is 114 Å². The van der Waals surface area contributed by atoms with E-state index in [1.165, 1.54) is 0 Å². The zero-order chi connectivity index (χ0) is 2.00. The van der Waals surface area contributed by atoms with E-state index >= 15 is 0 Å². The van der Waals surface area contributed by atoms with Gasteiger partial charge in [-0.1, -0.05) is 0 Å². The summed E-state index contributed by atoms with van der Waals surface area (Å²) in [5, 5.41) is 0. The molecule has 0 aliphatic heterocycles. The van der Waals surface area contributed by atoms with Crippen LogP contribution in [-0.4, -0.2) is 94.4 Å². The SMILES string of the molecule is [BaH2].[Gd].[Ho].[O]=[Cu].[SrH2]. The molecule has 0 heterocycles. The summed E-state index contributed by atoms with van der Waals surface area (Å²) in [6.45, 7) is 0. The predicted molar refractivity (Wildman–Crippen MR) is 17.8 cm³/mol. The van der Waals surface area contributed by atoms with E-state index in [1.54, 1.807) is 0 Å². The van der Waals surface area contributed by atoms with E-state index in [-0.39, 0.29) is 172 Å². The molecular weight excluding hydrogens is 627 g/mol. The Morgan fingerprint density at radius 2 is 1.17 bits per heavy atom. The van der Waals surface area contributed by atoms with Gasteiger partial charge in [-0.25, -0.2) is 0 Å². The number of rotatable bonds is 0. The van der Waals surface area contributed by atoms with Crippen molar-refractivity contribution in [3.63, 3.8) is 0 Å². The van der Waals surface area contributed by atoms with Crippen molar-refractivity contribution in [1.29, 1.82) is 0 Å². The van der Waals surface area contributed by atoms with Crippen LogP contribution in [-0.2, 0) is 19.8 Å². The Hall–Kier alpha value is 5.96. The topological polar surface area (TPSA) is 17.1 Å². The summed E-state index contributed by atoms with van der Waals surface area (Å²) < 4.78 is 7.81. The van der Waals surface area contributed by atoms with Crippen molar-refractivity contribution in [3.05, 3.63) is 0 Å². The first-order chi connectivity index (χ1) is 1.00. The van der Waals surface area contributed by atoms with E-state index in [0.29, 0.717) is 0 Å². The molecule has 0 saturated heterocycles. The van der Waals surface area contributed by atoms with Crippen molar-refractivity contribution >= 4 is 94.4 Å². The number of hydrogen-bond acceptors (Lipinski definition) is 1. The van der Waals surface area contributed by atoms with Gasteiger partial charge in [0.2, 0.25) is 0 Å². The molecule has 6 heteroatoms. The molecule has 0 bridgehead atoms. The van der Waals surface area contributed by atoms with E-state index in [0.717, 1.165) is 0 Å². The molecule has 0 aromatic heterocycles. The Kier molecular flexibility index (Phi) is 151. The molecule has 1 nitrogen and oxygen atoms in total. The van der Waals surface area contributed by atoms with E-state index in [4.69, 9.17) is 3.83 Å². The van der Waals surface area contributed by atoms with Gasteiger partial charge in [-0.2, -0.15) is 0 Å². The summed E-state index contributed by atoms with van der Waals surface area (Å²) in [5.41, 5.74) is 0. The molecule has 0 amide bonds. The Balaban J connectivity index is -0.000000000833. The Morgan fingerprint density at radius 3 is 1.17 bits per heavy atom. The van der Waals surface area contributed by atoms with Crippen LogP contribution in [0, 0.1) is 77.7 Å². The molecule has 0 unspecified atom stereocenters. The van der Waals surface area contributed by atoms with Crippen molar-refractivity contribution in [3.8, 4) is 0 Å². The van der Waals surface area contributed by atoms with Crippen LogP contribution < -0.4 is 0 Å². The molecule has 0 fully saturated rings. The molecule has 6 heavy (non-hydrogen) atoms. The van der Waals surface area contributed by atoms with Gasteiger partial charge in [0.05, 0.1) is 0 Å². The van der Waals surface area contributed by atoms with Crippen LogP contribution in [0.4, 0.5) is 0 Å². The van der Waals surface area contributed by atoms with Gasteiger partial charge in [0.25, 0.3) is 0 Å². The zero-order valence-corrected chi connectivity index (χ0v) is 6.51. The summed E-state index contributed by atoms with van der Waals surface area (Å²) in [6.07, 6.45) is 0. The molecule has 0 aromatic rings. The van der Waals surface area contributed by atoms with Crippen LogP contribution in [0.2, 0.25) is 0 Å². The molecule has 0 aromatic carbocycles. The molecule has 0 spiro atoms. The summed E-state index contributed by atoms with van der Waals surface area (Å²) >= 11 is 2.94. The third-order valence-electron chi connectivity index (χ3n) is 0.